The average molecular weight is 417 g/mol. The number of rotatable bonds is 5. The van der Waals surface area contributed by atoms with E-state index in [-0.39, 0.29) is 22.2 Å². The minimum absolute atomic E-state index is 0.0477. The lowest BCUT2D eigenvalue weighted by Gasteiger charge is -2.29. The third-order valence-electron chi connectivity index (χ3n) is 4.87. The Morgan fingerprint density at radius 2 is 1.93 bits per heavy atom. The summed E-state index contributed by atoms with van der Waals surface area (Å²) in [7, 11) is -2.22. The van der Waals surface area contributed by atoms with Crippen LogP contribution >= 0.6 is 0 Å². The molecule has 0 atom stereocenters. The molecule has 10 heteroatoms. The van der Waals surface area contributed by atoms with Crippen molar-refractivity contribution in [2.45, 2.75) is 23.7 Å². The molecule has 2 aromatic heterocycles. The van der Waals surface area contributed by atoms with Crippen molar-refractivity contribution in [2.24, 2.45) is 0 Å². The zero-order valence-corrected chi connectivity index (χ0v) is 16.5. The van der Waals surface area contributed by atoms with E-state index in [1.807, 2.05) is 0 Å². The Balaban J connectivity index is 1.43. The fourth-order valence-electron chi connectivity index (χ4n) is 3.26. The summed E-state index contributed by atoms with van der Waals surface area (Å²) >= 11 is 0. The Morgan fingerprint density at radius 1 is 1.21 bits per heavy atom. The molecule has 0 N–H and O–H groups in total. The molecule has 152 valence electrons. The smallest absolute Gasteiger partial charge is 0.341 e. The number of carbonyl (C=O) groups is 1. The predicted octanol–water partition coefficient (Wildman–Crippen LogP) is 2.68. The minimum atomic E-state index is -3.51. The van der Waals surface area contributed by atoms with Gasteiger partial charge in [-0.05, 0) is 25.0 Å². The van der Waals surface area contributed by atoms with E-state index in [0.717, 1.165) is 0 Å². The number of carbonyl (C=O) groups excluding carboxylic acids is 1. The highest BCUT2D eigenvalue weighted by Gasteiger charge is 2.32. The van der Waals surface area contributed by atoms with Crippen molar-refractivity contribution in [1.29, 1.82) is 0 Å². The summed E-state index contributed by atoms with van der Waals surface area (Å²) < 4.78 is 42.2. The highest BCUT2D eigenvalue weighted by molar-refractivity contribution is 7.89. The number of ether oxygens (including phenoxy) is 1. The second-order valence-corrected chi connectivity index (χ2v) is 8.58. The predicted molar refractivity (Wildman–Crippen MR) is 101 cm³/mol. The quantitative estimate of drug-likeness (QED) is 0.582. The van der Waals surface area contributed by atoms with Crippen molar-refractivity contribution in [3.63, 3.8) is 0 Å². The van der Waals surface area contributed by atoms with Crippen LogP contribution in [0.25, 0.3) is 11.6 Å². The number of sulfonamides is 1. The van der Waals surface area contributed by atoms with E-state index in [1.165, 1.54) is 23.7 Å². The van der Waals surface area contributed by atoms with Crippen molar-refractivity contribution in [2.75, 3.05) is 20.2 Å². The number of aromatic nitrogens is 2. The molecule has 1 saturated heterocycles. The van der Waals surface area contributed by atoms with E-state index in [4.69, 9.17) is 8.94 Å². The molecule has 0 spiro atoms. The molecule has 0 radical (unpaired) electrons. The molecule has 0 saturated carbocycles. The number of hydrogen-bond acceptors (Lipinski definition) is 8. The van der Waals surface area contributed by atoms with Gasteiger partial charge in [0.25, 0.3) is 0 Å². The minimum Gasteiger partial charge on any atom is -0.465 e. The topological polar surface area (TPSA) is 116 Å². The number of hydrogen-bond donors (Lipinski definition) is 0. The van der Waals surface area contributed by atoms with Crippen LogP contribution in [0.5, 0.6) is 0 Å². The molecular weight excluding hydrogens is 398 g/mol. The van der Waals surface area contributed by atoms with Crippen molar-refractivity contribution in [1.82, 2.24) is 14.4 Å². The Bertz CT molecular complexity index is 1100. The molecule has 0 bridgehead atoms. The lowest BCUT2D eigenvalue weighted by molar-refractivity contribution is 0.0600. The third kappa shape index (κ3) is 3.81. The van der Waals surface area contributed by atoms with Crippen molar-refractivity contribution in [3.05, 3.63) is 54.1 Å². The summed E-state index contributed by atoms with van der Waals surface area (Å²) in [4.78, 5) is 16.2. The van der Waals surface area contributed by atoms with Crippen LogP contribution in [-0.4, -0.2) is 49.0 Å². The number of furan rings is 1. The first kappa shape index (κ1) is 19.3. The van der Waals surface area contributed by atoms with Gasteiger partial charge in [-0.15, -0.1) is 0 Å². The van der Waals surface area contributed by atoms with Gasteiger partial charge in [0, 0.05) is 25.1 Å². The summed E-state index contributed by atoms with van der Waals surface area (Å²) in [5.74, 6) is 0.385. The summed E-state index contributed by atoms with van der Waals surface area (Å²) in [6, 6.07) is 9.87. The molecule has 29 heavy (non-hydrogen) atoms. The normalized spacial score (nSPS) is 16.0. The van der Waals surface area contributed by atoms with E-state index in [1.54, 1.807) is 30.3 Å². The van der Waals surface area contributed by atoms with Crippen LogP contribution in [0.4, 0.5) is 0 Å². The van der Waals surface area contributed by atoms with Gasteiger partial charge in [-0.2, -0.15) is 9.29 Å². The van der Waals surface area contributed by atoms with Gasteiger partial charge in [0.05, 0.1) is 17.6 Å². The number of methoxy groups -OCH3 is 1. The number of piperidine rings is 1. The van der Waals surface area contributed by atoms with Gasteiger partial charge in [0.15, 0.2) is 5.76 Å². The summed E-state index contributed by atoms with van der Waals surface area (Å²) in [5.41, 5.74) is 0.258. The van der Waals surface area contributed by atoms with E-state index < -0.39 is 16.0 Å². The first-order valence-electron chi connectivity index (χ1n) is 9.05. The van der Waals surface area contributed by atoms with Crippen molar-refractivity contribution < 1.29 is 26.9 Å². The molecule has 0 amide bonds. The molecule has 1 aliphatic heterocycles. The third-order valence-corrected chi connectivity index (χ3v) is 6.78. The lowest BCUT2D eigenvalue weighted by atomic mass is 9.98. The van der Waals surface area contributed by atoms with Crippen molar-refractivity contribution >= 4 is 16.0 Å². The number of nitrogens with zero attached hydrogens (tertiary/aromatic N) is 3. The zero-order chi connectivity index (χ0) is 20.4. The Labute approximate surface area is 167 Å². The molecule has 9 nitrogen and oxygen atoms in total. The van der Waals surface area contributed by atoms with E-state index >= 15 is 0 Å². The molecule has 3 aromatic rings. The average Bonchev–Trinajstić information content (AvgIpc) is 3.44. The maximum absolute atomic E-state index is 12.7. The van der Waals surface area contributed by atoms with Gasteiger partial charge in [-0.25, -0.2) is 13.2 Å². The summed E-state index contributed by atoms with van der Waals surface area (Å²) in [6.45, 7) is 0.736. The second kappa shape index (κ2) is 7.80. The molecule has 0 unspecified atom stereocenters. The van der Waals surface area contributed by atoms with E-state index in [9.17, 15) is 13.2 Å². The largest absolute Gasteiger partial charge is 0.465 e. The summed E-state index contributed by atoms with van der Waals surface area (Å²) in [5, 5.41) is 3.91. The Morgan fingerprint density at radius 3 is 2.62 bits per heavy atom. The van der Waals surface area contributed by atoms with Gasteiger partial charge in [0.2, 0.25) is 21.7 Å². The first-order chi connectivity index (χ1) is 14.0. The maximum Gasteiger partial charge on any atom is 0.341 e. The van der Waals surface area contributed by atoms with Gasteiger partial charge in [0.1, 0.15) is 6.26 Å². The van der Waals surface area contributed by atoms with Crippen LogP contribution in [0.1, 0.15) is 35.0 Å². The molecular formula is C19H19N3O6S. The van der Waals surface area contributed by atoms with Crippen molar-refractivity contribution in [3.8, 4) is 11.6 Å². The number of esters is 1. The summed E-state index contributed by atoms with van der Waals surface area (Å²) in [6.07, 6.45) is 2.41. The van der Waals surface area contributed by atoms with E-state index in [0.29, 0.717) is 37.6 Å². The maximum atomic E-state index is 12.7. The van der Waals surface area contributed by atoms with Crippen LogP contribution in [-0.2, 0) is 14.8 Å². The highest BCUT2D eigenvalue weighted by atomic mass is 32.2. The molecule has 1 aliphatic rings. The van der Waals surface area contributed by atoms with Gasteiger partial charge >= 0.3 is 5.97 Å². The first-order valence-corrected chi connectivity index (χ1v) is 10.5. The molecule has 1 fully saturated rings. The monoisotopic (exact) mass is 417 g/mol. The van der Waals surface area contributed by atoms with Gasteiger partial charge < -0.3 is 13.7 Å². The van der Waals surface area contributed by atoms with Gasteiger partial charge in [-0.3, -0.25) is 0 Å². The fraction of sp³-hybridized carbons (Fsp3) is 0.316. The lowest BCUT2D eigenvalue weighted by Crippen LogP contribution is -2.37. The SMILES string of the molecule is COC(=O)c1coc(-c2noc(C3CCN(S(=O)(=O)c4ccccc4)CC3)n2)c1. The molecule has 0 aliphatic carbocycles. The fourth-order valence-corrected chi connectivity index (χ4v) is 4.75. The molecule has 4 rings (SSSR count). The van der Waals surface area contributed by atoms with Crippen LogP contribution < -0.4 is 0 Å². The second-order valence-electron chi connectivity index (χ2n) is 6.64. The molecule has 1 aromatic carbocycles. The Hall–Kier alpha value is -2.98. The van der Waals surface area contributed by atoms with Crippen LogP contribution in [0.15, 0.2) is 56.5 Å². The van der Waals surface area contributed by atoms with E-state index in [2.05, 4.69) is 14.9 Å². The van der Waals surface area contributed by atoms with Crippen LogP contribution in [0.3, 0.4) is 0 Å². The molecule has 3 heterocycles. The van der Waals surface area contributed by atoms with Gasteiger partial charge in [-0.1, -0.05) is 23.4 Å². The standard InChI is InChI=1S/C19H19N3O6S/c1-26-19(23)14-11-16(27-12-14)17-20-18(28-21-17)13-7-9-22(10-8-13)29(24,25)15-5-3-2-4-6-15/h2-6,11-13H,7-10H2,1H3. The number of benzene rings is 1. The Kier molecular flexibility index (Phi) is 5.20. The van der Waals surface area contributed by atoms with Crippen LogP contribution in [0, 0.1) is 0 Å². The highest BCUT2D eigenvalue weighted by Crippen LogP contribution is 2.31. The van der Waals surface area contributed by atoms with Crippen LogP contribution in [0.2, 0.25) is 0 Å². The zero-order valence-electron chi connectivity index (χ0n) is 15.6.